The van der Waals surface area contributed by atoms with Gasteiger partial charge in [-0.05, 0) is 42.2 Å². The molecule has 0 atom stereocenters. The van der Waals surface area contributed by atoms with Crippen molar-refractivity contribution in [2.24, 2.45) is 5.92 Å². The predicted molar refractivity (Wildman–Crippen MR) is 90.8 cm³/mol. The highest BCUT2D eigenvalue weighted by atomic mass is 16.5. The van der Waals surface area contributed by atoms with Crippen LogP contribution in [-0.2, 0) is 17.9 Å². The molecule has 0 aliphatic heterocycles. The Morgan fingerprint density at radius 3 is 2.50 bits per heavy atom. The number of aromatic nitrogens is 1. The summed E-state index contributed by atoms with van der Waals surface area (Å²) < 4.78 is 10.6. The second-order valence-electron chi connectivity index (χ2n) is 6.02. The van der Waals surface area contributed by atoms with E-state index in [1.165, 1.54) is 0 Å². The number of carbonyl (C=O) groups excluding carboxylic acids is 1. The number of ether oxygens (including phenoxy) is 2. The van der Waals surface area contributed by atoms with Crippen molar-refractivity contribution in [3.05, 3.63) is 53.9 Å². The van der Waals surface area contributed by atoms with Gasteiger partial charge in [-0.3, -0.25) is 9.78 Å². The van der Waals surface area contributed by atoms with Crippen LogP contribution in [0.25, 0.3) is 0 Å². The Kier molecular flexibility index (Phi) is 4.99. The number of amides is 1. The number of hydrogen-bond donors (Lipinski definition) is 0. The molecule has 1 aromatic heterocycles. The molecule has 1 amide bonds. The van der Waals surface area contributed by atoms with Crippen molar-refractivity contribution >= 4 is 5.91 Å². The second-order valence-corrected chi connectivity index (χ2v) is 6.02. The third-order valence-electron chi connectivity index (χ3n) is 4.16. The maximum absolute atomic E-state index is 12.6. The zero-order chi connectivity index (χ0) is 16.9. The summed E-state index contributed by atoms with van der Waals surface area (Å²) in [5, 5.41) is 0. The molecule has 0 bridgehead atoms. The smallest absolute Gasteiger partial charge is 0.226 e. The number of rotatable bonds is 7. The molecule has 0 unspecified atom stereocenters. The van der Waals surface area contributed by atoms with Gasteiger partial charge >= 0.3 is 0 Å². The normalized spacial score (nSPS) is 13.4. The van der Waals surface area contributed by atoms with E-state index in [0.717, 1.165) is 24.0 Å². The molecule has 0 saturated heterocycles. The Bertz CT molecular complexity index is 699. The van der Waals surface area contributed by atoms with Gasteiger partial charge in [-0.15, -0.1) is 0 Å². The average molecular weight is 326 g/mol. The fraction of sp³-hybridized carbons (Fsp3) is 0.368. The van der Waals surface area contributed by atoms with Crippen molar-refractivity contribution in [1.82, 2.24) is 9.88 Å². The first-order valence-corrected chi connectivity index (χ1v) is 8.10. The zero-order valence-electron chi connectivity index (χ0n) is 14.1. The summed E-state index contributed by atoms with van der Waals surface area (Å²) in [6.07, 6.45) is 5.54. The number of benzene rings is 1. The van der Waals surface area contributed by atoms with E-state index in [2.05, 4.69) is 4.98 Å². The largest absolute Gasteiger partial charge is 0.493 e. The van der Waals surface area contributed by atoms with E-state index < -0.39 is 0 Å². The van der Waals surface area contributed by atoms with Gasteiger partial charge in [-0.25, -0.2) is 0 Å². The van der Waals surface area contributed by atoms with Gasteiger partial charge in [0.05, 0.1) is 14.2 Å². The van der Waals surface area contributed by atoms with E-state index in [0.29, 0.717) is 24.6 Å². The monoisotopic (exact) mass is 326 g/mol. The average Bonchev–Trinajstić information content (AvgIpc) is 3.46. The molecule has 1 aliphatic carbocycles. The lowest BCUT2D eigenvalue weighted by Crippen LogP contribution is -2.31. The van der Waals surface area contributed by atoms with Gasteiger partial charge in [0, 0.05) is 31.4 Å². The van der Waals surface area contributed by atoms with Gasteiger partial charge < -0.3 is 14.4 Å². The van der Waals surface area contributed by atoms with Gasteiger partial charge in [-0.1, -0.05) is 12.1 Å². The molecule has 0 N–H and O–H groups in total. The molecule has 1 aromatic carbocycles. The van der Waals surface area contributed by atoms with Crippen LogP contribution < -0.4 is 9.47 Å². The minimum absolute atomic E-state index is 0.182. The molecule has 1 heterocycles. The number of carbonyl (C=O) groups is 1. The van der Waals surface area contributed by atoms with Gasteiger partial charge in [0.2, 0.25) is 5.91 Å². The molecule has 2 aromatic rings. The molecule has 3 rings (SSSR count). The molecular weight excluding hydrogens is 304 g/mol. The zero-order valence-corrected chi connectivity index (χ0v) is 14.1. The number of nitrogens with zero attached hydrogens (tertiary/aromatic N) is 2. The lowest BCUT2D eigenvalue weighted by molar-refractivity contribution is -0.133. The van der Waals surface area contributed by atoms with Crippen molar-refractivity contribution in [2.45, 2.75) is 25.9 Å². The summed E-state index contributed by atoms with van der Waals surface area (Å²) in [6.45, 7) is 1.11. The van der Waals surface area contributed by atoms with Crippen LogP contribution in [0.3, 0.4) is 0 Å². The van der Waals surface area contributed by atoms with Crippen molar-refractivity contribution in [3.63, 3.8) is 0 Å². The lowest BCUT2D eigenvalue weighted by Gasteiger charge is -2.23. The predicted octanol–water partition coefficient (Wildman–Crippen LogP) is 3.04. The van der Waals surface area contributed by atoms with Gasteiger partial charge in [0.25, 0.3) is 0 Å². The Labute approximate surface area is 142 Å². The van der Waals surface area contributed by atoms with E-state index >= 15 is 0 Å². The molecule has 0 spiro atoms. The summed E-state index contributed by atoms with van der Waals surface area (Å²) >= 11 is 0. The molecular formula is C19H22N2O3. The van der Waals surface area contributed by atoms with Crippen LogP contribution in [0.15, 0.2) is 42.7 Å². The minimum Gasteiger partial charge on any atom is -0.493 e. The van der Waals surface area contributed by atoms with E-state index in [1.807, 2.05) is 41.4 Å². The quantitative estimate of drug-likeness (QED) is 0.785. The lowest BCUT2D eigenvalue weighted by atomic mass is 10.1. The fourth-order valence-electron chi connectivity index (χ4n) is 2.71. The summed E-state index contributed by atoms with van der Waals surface area (Å²) in [6, 6.07) is 9.66. The number of hydrogen-bond acceptors (Lipinski definition) is 4. The molecule has 5 heteroatoms. The summed E-state index contributed by atoms with van der Waals surface area (Å²) in [5.74, 6) is 1.76. The van der Waals surface area contributed by atoms with Crippen LogP contribution in [0, 0.1) is 5.92 Å². The summed E-state index contributed by atoms with van der Waals surface area (Å²) in [7, 11) is 3.23. The fourth-order valence-corrected chi connectivity index (χ4v) is 2.71. The Hall–Kier alpha value is -2.56. The Morgan fingerprint density at radius 2 is 1.88 bits per heavy atom. The molecule has 1 fully saturated rings. The van der Waals surface area contributed by atoms with Crippen molar-refractivity contribution in [3.8, 4) is 11.5 Å². The highest BCUT2D eigenvalue weighted by molar-refractivity contribution is 5.81. The topological polar surface area (TPSA) is 51.7 Å². The maximum atomic E-state index is 12.6. The third-order valence-corrected chi connectivity index (χ3v) is 4.16. The molecule has 0 radical (unpaired) electrons. The molecule has 1 aliphatic rings. The van der Waals surface area contributed by atoms with Crippen LogP contribution in [-0.4, -0.2) is 30.0 Å². The number of methoxy groups -OCH3 is 2. The van der Waals surface area contributed by atoms with Crippen molar-refractivity contribution in [2.75, 3.05) is 14.2 Å². The third kappa shape index (κ3) is 3.85. The van der Waals surface area contributed by atoms with E-state index in [4.69, 9.17) is 9.47 Å². The highest BCUT2D eigenvalue weighted by Crippen LogP contribution is 2.33. The molecule has 126 valence electrons. The maximum Gasteiger partial charge on any atom is 0.226 e. The van der Waals surface area contributed by atoms with E-state index in [-0.39, 0.29) is 11.8 Å². The van der Waals surface area contributed by atoms with Gasteiger partial charge in [0.1, 0.15) is 0 Å². The van der Waals surface area contributed by atoms with Crippen LogP contribution >= 0.6 is 0 Å². The van der Waals surface area contributed by atoms with Crippen LogP contribution in [0.2, 0.25) is 0 Å². The molecule has 24 heavy (non-hydrogen) atoms. The van der Waals surface area contributed by atoms with E-state index in [1.54, 1.807) is 20.4 Å². The number of pyridine rings is 1. The second kappa shape index (κ2) is 7.34. The molecule has 1 saturated carbocycles. The Morgan fingerprint density at radius 1 is 1.12 bits per heavy atom. The van der Waals surface area contributed by atoms with Crippen LogP contribution in [0.5, 0.6) is 11.5 Å². The van der Waals surface area contributed by atoms with Crippen molar-refractivity contribution < 1.29 is 14.3 Å². The van der Waals surface area contributed by atoms with Gasteiger partial charge in [0.15, 0.2) is 11.5 Å². The van der Waals surface area contributed by atoms with Gasteiger partial charge in [-0.2, -0.15) is 0 Å². The summed E-state index contributed by atoms with van der Waals surface area (Å²) in [4.78, 5) is 18.7. The van der Waals surface area contributed by atoms with Crippen molar-refractivity contribution in [1.29, 1.82) is 0 Å². The van der Waals surface area contributed by atoms with E-state index in [9.17, 15) is 4.79 Å². The Balaban J connectivity index is 1.79. The first-order chi connectivity index (χ1) is 11.7. The first kappa shape index (κ1) is 16.3. The highest BCUT2D eigenvalue weighted by Gasteiger charge is 2.33. The van der Waals surface area contributed by atoms with Crippen LogP contribution in [0.1, 0.15) is 24.0 Å². The molecule has 5 nitrogen and oxygen atoms in total. The first-order valence-electron chi connectivity index (χ1n) is 8.10. The standard InChI is InChI=1S/C19H22N2O3/c1-23-17-8-5-14(10-18(17)24-2)12-21(19(22)16-6-7-16)13-15-4-3-9-20-11-15/h3-5,8-11,16H,6-7,12-13H2,1-2H3. The summed E-state index contributed by atoms with van der Waals surface area (Å²) in [5.41, 5.74) is 2.05. The minimum atomic E-state index is 0.182. The SMILES string of the molecule is COc1ccc(CN(Cc2cccnc2)C(=O)C2CC2)cc1OC. The van der Waals surface area contributed by atoms with Crippen LogP contribution in [0.4, 0.5) is 0 Å².